The molecule has 2 unspecified atom stereocenters. The van der Waals surface area contributed by atoms with Crippen LogP contribution in [0.4, 0.5) is 0 Å². The van der Waals surface area contributed by atoms with Gasteiger partial charge in [-0.15, -0.1) is 0 Å². The molecule has 2 nitrogen and oxygen atoms in total. The van der Waals surface area contributed by atoms with Crippen molar-refractivity contribution in [2.24, 2.45) is 11.3 Å². The van der Waals surface area contributed by atoms with E-state index in [2.05, 4.69) is 63.8 Å². The van der Waals surface area contributed by atoms with Gasteiger partial charge in [-0.2, -0.15) is 0 Å². The van der Waals surface area contributed by atoms with E-state index >= 15 is 0 Å². The van der Waals surface area contributed by atoms with Crippen LogP contribution in [0.3, 0.4) is 0 Å². The number of benzene rings is 1. The molecule has 21 heavy (non-hydrogen) atoms. The highest BCUT2D eigenvalue weighted by Gasteiger charge is 2.28. The Balaban J connectivity index is 2.01. The fraction of sp³-hybridized carbons (Fsp3) is 0.632. The molecule has 0 radical (unpaired) electrons. The Hall–Kier alpha value is -1.31. The first kappa shape index (κ1) is 16.1. The van der Waals surface area contributed by atoms with Crippen molar-refractivity contribution >= 4 is 5.91 Å². The van der Waals surface area contributed by atoms with Gasteiger partial charge in [-0.1, -0.05) is 52.0 Å². The van der Waals surface area contributed by atoms with Crippen LogP contribution >= 0.6 is 0 Å². The Morgan fingerprint density at radius 3 is 2.67 bits per heavy atom. The molecule has 0 saturated carbocycles. The highest BCUT2D eigenvalue weighted by molar-refractivity contribution is 5.77. The standard InChI is InChI=1S/C19H29NO/c1-14(13-19(3,4)5)12-18(21)20-11-10-16-8-6-7-9-17(16)15(20)2/h6-9,14-15H,10-13H2,1-5H3. The van der Waals surface area contributed by atoms with Gasteiger partial charge in [0, 0.05) is 13.0 Å². The van der Waals surface area contributed by atoms with E-state index in [4.69, 9.17) is 0 Å². The molecule has 0 saturated heterocycles. The second-order valence-corrected chi connectivity index (χ2v) is 7.79. The normalized spacial score (nSPS) is 20.0. The molecular weight excluding hydrogens is 258 g/mol. The van der Waals surface area contributed by atoms with Gasteiger partial charge < -0.3 is 4.90 Å². The Kier molecular flexibility index (Phi) is 4.75. The van der Waals surface area contributed by atoms with E-state index in [1.165, 1.54) is 11.1 Å². The minimum atomic E-state index is 0.212. The van der Waals surface area contributed by atoms with E-state index in [0.29, 0.717) is 23.7 Å². The molecule has 0 spiro atoms. The second-order valence-electron chi connectivity index (χ2n) is 7.79. The third-order valence-corrected chi connectivity index (χ3v) is 4.40. The fourth-order valence-electron chi connectivity index (χ4n) is 3.65. The number of carbonyl (C=O) groups excluding carboxylic acids is 1. The van der Waals surface area contributed by atoms with E-state index in [9.17, 15) is 4.79 Å². The number of fused-ring (bicyclic) bond motifs is 1. The van der Waals surface area contributed by atoms with Gasteiger partial charge in [-0.25, -0.2) is 0 Å². The molecule has 2 heteroatoms. The lowest BCUT2D eigenvalue weighted by Gasteiger charge is -2.36. The highest BCUT2D eigenvalue weighted by Crippen LogP contribution is 2.31. The molecule has 1 aliphatic rings. The topological polar surface area (TPSA) is 20.3 Å². The molecular formula is C19H29NO. The Bertz CT molecular complexity index is 501. The van der Waals surface area contributed by atoms with Crippen molar-refractivity contribution in [2.75, 3.05) is 6.54 Å². The van der Waals surface area contributed by atoms with Crippen LogP contribution in [0.15, 0.2) is 24.3 Å². The second kappa shape index (κ2) is 6.21. The van der Waals surface area contributed by atoms with Crippen molar-refractivity contribution in [1.82, 2.24) is 4.90 Å². The van der Waals surface area contributed by atoms with Gasteiger partial charge >= 0.3 is 0 Å². The van der Waals surface area contributed by atoms with Gasteiger partial charge in [0.15, 0.2) is 0 Å². The summed E-state index contributed by atoms with van der Waals surface area (Å²) < 4.78 is 0. The molecule has 1 aromatic carbocycles. The SMILES string of the molecule is CC(CC(=O)N1CCc2ccccc2C1C)CC(C)(C)C. The zero-order valence-electron chi connectivity index (χ0n) is 14.1. The first-order valence-corrected chi connectivity index (χ1v) is 8.15. The van der Waals surface area contributed by atoms with Crippen LogP contribution in [-0.2, 0) is 11.2 Å². The van der Waals surface area contributed by atoms with Crippen molar-refractivity contribution in [3.05, 3.63) is 35.4 Å². The zero-order valence-corrected chi connectivity index (χ0v) is 14.1. The van der Waals surface area contributed by atoms with Crippen molar-refractivity contribution in [3.8, 4) is 0 Å². The summed E-state index contributed by atoms with van der Waals surface area (Å²) in [5, 5.41) is 0. The van der Waals surface area contributed by atoms with Crippen LogP contribution in [-0.4, -0.2) is 17.4 Å². The molecule has 1 aliphatic heterocycles. The number of hydrogen-bond acceptors (Lipinski definition) is 1. The van der Waals surface area contributed by atoms with Crippen LogP contribution < -0.4 is 0 Å². The summed E-state index contributed by atoms with van der Waals surface area (Å²) in [5.41, 5.74) is 3.01. The average Bonchev–Trinajstić information content (AvgIpc) is 2.36. The molecule has 116 valence electrons. The Labute approximate surface area is 129 Å². The third kappa shape index (κ3) is 4.09. The molecule has 0 aliphatic carbocycles. The van der Waals surface area contributed by atoms with E-state index < -0.39 is 0 Å². The lowest BCUT2D eigenvalue weighted by atomic mass is 9.83. The summed E-state index contributed by atoms with van der Waals surface area (Å²) in [7, 11) is 0. The first-order valence-electron chi connectivity index (χ1n) is 8.15. The van der Waals surface area contributed by atoms with Gasteiger partial charge in [0.25, 0.3) is 0 Å². The minimum absolute atomic E-state index is 0.212. The molecule has 2 rings (SSSR count). The van der Waals surface area contributed by atoms with E-state index in [0.717, 1.165) is 19.4 Å². The number of hydrogen-bond donors (Lipinski definition) is 0. The third-order valence-electron chi connectivity index (χ3n) is 4.40. The van der Waals surface area contributed by atoms with E-state index in [1.54, 1.807) is 0 Å². The van der Waals surface area contributed by atoms with Crippen LogP contribution in [0.1, 0.15) is 64.6 Å². The van der Waals surface area contributed by atoms with E-state index in [-0.39, 0.29) is 6.04 Å². The fourth-order valence-corrected chi connectivity index (χ4v) is 3.65. The lowest BCUT2D eigenvalue weighted by Crippen LogP contribution is -2.39. The van der Waals surface area contributed by atoms with Crippen LogP contribution in [0.25, 0.3) is 0 Å². The molecule has 1 heterocycles. The smallest absolute Gasteiger partial charge is 0.223 e. The highest BCUT2D eigenvalue weighted by atomic mass is 16.2. The molecule has 0 bridgehead atoms. The average molecular weight is 287 g/mol. The number of rotatable bonds is 3. The van der Waals surface area contributed by atoms with Gasteiger partial charge in [0.05, 0.1) is 6.04 Å². The number of carbonyl (C=O) groups is 1. The van der Waals surface area contributed by atoms with Crippen LogP contribution in [0, 0.1) is 11.3 Å². The van der Waals surface area contributed by atoms with Crippen molar-refractivity contribution in [1.29, 1.82) is 0 Å². The Morgan fingerprint density at radius 2 is 2.00 bits per heavy atom. The van der Waals surface area contributed by atoms with Crippen LogP contribution in [0.5, 0.6) is 0 Å². The van der Waals surface area contributed by atoms with Gasteiger partial charge in [-0.05, 0) is 42.2 Å². The summed E-state index contributed by atoms with van der Waals surface area (Å²) >= 11 is 0. The maximum atomic E-state index is 12.6. The number of amides is 1. The lowest BCUT2D eigenvalue weighted by molar-refractivity contribution is -0.134. The summed E-state index contributed by atoms with van der Waals surface area (Å²) in [6, 6.07) is 8.73. The molecule has 2 atom stereocenters. The van der Waals surface area contributed by atoms with Crippen molar-refractivity contribution in [2.45, 2.75) is 59.9 Å². The van der Waals surface area contributed by atoms with Crippen molar-refractivity contribution < 1.29 is 4.79 Å². The van der Waals surface area contributed by atoms with Gasteiger partial charge in [-0.3, -0.25) is 4.79 Å². The Morgan fingerprint density at radius 1 is 1.33 bits per heavy atom. The van der Waals surface area contributed by atoms with Gasteiger partial charge in [0.1, 0.15) is 0 Å². The van der Waals surface area contributed by atoms with Gasteiger partial charge in [0.2, 0.25) is 5.91 Å². The molecule has 1 amide bonds. The predicted octanol–water partition coefficient (Wildman–Crippen LogP) is 4.59. The van der Waals surface area contributed by atoms with Crippen molar-refractivity contribution in [3.63, 3.8) is 0 Å². The monoisotopic (exact) mass is 287 g/mol. The first-order chi connectivity index (χ1) is 9.78. The quantitative estimate of drug-likeness (QED) is 0.796. The maximum Gasteiger partial charge on any atom is 0.223 e. The number of nitrogens with zero attached hydrogens (tertiary/aromatic N) is 1. The largest absolute Gasteiger partial charge is 0.336 e. The molecule has 1 aromatic rings. The summed E-state index contributed by atoms with van der Waals surface area (Å²) in [5.74, 6) is 0.760. The summed E-state index contributed by atoms with van der Waals surface area (Å²) in [6.07, 6.45) is 2.75. The zero-order chi connectivity index (χ0) is 15.6. The predicted molar refractivity (Wildman–Crippen MR) is 88.1 cm³/mol. The minimum Gasteiger partial charge on any atom is -0.336 e. The molecule has 0 aromatic heterocycles. The molecule has 0 fully saturated rings. The summed E-state index contributed by atoms with van der Waals surface area (Å²) in [6.45, 7) is 11.9. The van der Waals surface area contributed by atoms with Crippen LogP contribution in [0.2, 0.25) is 0 Å². The molecule has 0 N–H and O–H groups in total. The summed E-state index contributed by atoms with van der Waals surface area (Å²) in [4.78, 5) is 14.7. The van der Waals surface area contributed by atoms with E-state index in [1.807, 2.05) is 0 Å². The maximum absolute atomic E-state index is 12.6.